The molecule has 0 aliphatic carbocycles. The Morgan fingerprint density at radius 2 is 1.57 bits per heavy atom. The van der Waals surface area contributed by atoms with Crippen LogP contribution in [0.1, 0.15) is 62.5 Å². The van der Waals surface area contributed by atoms with Crippen molar-refractivity contribution in [2.45, 2.75) is 46.5 Å². The first-order valence-corrected chi connectivity index (χ1v) is 13.0. The Morgan fingerprint density at radius 1 is 0.850 bits per heavy atom. The van der Waals surface area contributed by atoms with Gasteiger partial charge >= 0.3 is 5.97 Å². The third kappa shape index (κ3) is 8.86. The minimum atomic E-state index is -0.547. The number of methoxy groups -OCH3 is 2. The van der Waals surface area contributed by atoms with Gasteiger partial charge in [-0.25, -0.2) is 10.2 Å². The van der Waals surface area contributed by atoms with Crippen LogP contribution in [0.4, 0.5) is 0 Å². The summed E-state index contributed by atoms with van der Waals surface area (Å²) in [5.74, 6) is 0.798. The van der Waals surface area contributed by atoms with Gasteiger partial charge in [-0.2, -0.15) is 5.10 Å². The van der Waals surface area contributed by atoms with Gasteiger partial charge in [0.15, 0.2) is 18.1 Å². The van der Waals surface area contributed by atoms with Crippen molar-refractivity contribution in [1.82, 2.24) is 5.43 Å². The summed E-state index contributed by atoms with van der Waals surface area (Å²) in [7, 11) is 2.99. The molecule has 0 saturated carbocycles. The van der Waals surface area contributed by atoms with Gasteiger partial charge in [-0.15, -0.1) is 0 Å². The Morgan fingerprint density at radius 3 is 2.23 bits per heavy atom. The van der Waals surface area contributed by atoms with Gasteiger partial charge in [-0.3, -0.25) is 4.79 Å². The average Bonchev–Trinajstić information content (AvgIpc) is 2.91. The highest BCUT2D eigenvalue weighted by Gasteiger charge is 2.27. The van der Waals surface area contributed by atoms with E-state index < -0.39 is 11.9 Å². The van der Waals surface area contributed by atoms with E-state index in [1.54, 1.807) is 42.5 Å². The van der Waals surface area contributed by atoms with Gasteiger partial charge < -0.3 is 18.9 Å². The molecule has 3 rings (SSSR count). The molecule has 0 heterocycles. The smallest absolute Gasteiger partial charge is 0.343 e. The maximum atomic E-state index is 12.5. The molecule has 1 N–H and O–H groups in total. The Labute approximate surface area is 236 Å². The second-order valence-electron chi connectivity index (χ2n) is 11.3. The van der Waals surface area contributed by atoms with E-state index in [-0.39, 0.29) is 23.2 Å². The average molecular weight is 547 g/mol. The van der Waals surface area contributed by atoms with Crippen molar-refractivity contribution >= 4 is 18.1 Å². The van der Waals surface area contributed by atoms with Crippen LogP contribution in [0.5, 0.6) is 23.0 Å². The molecule has 0 unspecified atom stereocenters. The van der Waals surface area contributed by atoms with E-state index in [9.17, 15) is 9.59 Å². The number of hydrazone groups is 1. The Bertz CT molecular complexity index is 1340. The largest absolute Gasteiger partial charge is 0.497 e. The van der Waals surface area contributed by atoms with E-state index in [1.807, 2.05) is 24.3 Å². The molecule has 40 heavy (non-hydrogen) atoms. The number of esters is 1. The molecule has 8 heteroatoms. The molecule has 3 aromatic carbocycles. The molecular weight excluding hydrogens is 508 g/mol. The standard InChI is InChI=1S/C32H38N2O6/c1-31(2,3)21-32(4,5)24-12-14-25(15-13-24)39-20-29(35)34-33-19-22-11-16-27(28(17-22)38-7)40-30(36)23-9-8-10-26(18-23)37-6/h8-19H,20-21H2,1-7H3,(H,34,35)/b33-19-. The van der Waals surface area contributed by atoms with Crippen molar-refractivity contribution in [3.05, 3.63) is 83.4 Å². The minimum absolute atomic E-state index is 0.0292. The molecule has 0 radical (unpaired) electrons. The third-order valence-corrected chi connectivity index (χ3v) is 6.08. The summed E-state index contributed by atoms with van der Waals surface area (Å²) in [4.78, 5) is 24.8. The second-order valence-corrected chi connectivity index (χ2v) is 11.3. The first kappa shape index (κ1) is 30.2. The lowest BCUT2D eigenvalue weighted by Gasteiger charge is -2.33. The van der Waals surface area contributed by atoms with E-state index in [4.69, 9.17) is 18.9 Å². The monoisotopic (exact) mass is 546 g/mol. The predicted octanol–water partition coefficient (Wildman–Crippen LogP) is 6.17. The highest BCUT2D eigenvalue weighted by atomic mass is 16.6. The number of benzene rings is 3. The van der Waals surface area contributed by atoms with E-state index in [2.05, 4.69) is 45.1 Å². The number of ether oxygens (including phenoxy) is 4. The SMILES string of the molecule is COc1cccc(C(=O)Oc2ccc(/C=N\NC(=O)COc3ccc(C(C)(C)CC(C)(C)C)cc3)cc2OC)c1. The van der Waals surface area contributed by atoms with Gasteiger partial charge in [0.05, 0.1) is 26.0 Å². The number of nitrogens with zero attached hydrogens (tertiary/aromatic N) is 1. The molecule has 3 aromatic rings. The summed E-state index contributed by atoms with van der Waals surface area (Å²) < 4.78 is 21.6. The van der Waals surface area contributed by atoms with Gasteiger partial charge in [-0.05, 0) is 76.9 Å². The van der Waals surface area contributed by atoms with Crippen molar-refractivity contribution in [3.63, 3.8) is 0 Å². The van der Waals surface area contributed by atoms with Crippen LogP contribution < -0.4 is 24.4 Å². The minimum Gasteiger partial charge on any atom is -0.497 e. The number of hydrogen-bond acceptors (Lipinski definition) is 7. The summed E-state index contributed by atoms with van der Waals surface area (Å²) in [6, 6.07) is 19.4. The molecule has 1 amide bonds. The van der Waals surface area contributed by atoms with Crippen molar-refractivity contribution in [2.24, 2.45) is 10.5 Å². The summed E-state index contributed by atoms with van der Waals surface area (Å²) >= 11 is 0. The van der Waals surface area contributed by atoms with E-state index in [0.29, 0.717) is 28.4 Å². The Kier molecular flexibility index (Phi) is 9.93. The van der Waals surface area contributed by atoms with Gasteiger partial charge in [0, 0.05) is 0 Å². The first-order chi connectivity index (χ1) is 18.9. The normalized spacial score (nSPS) is 11.7. The maximum absolute atomic E-state index is 12.5. The summed E-state index contributed by atoms with van der Waals surface area (Å²) in [5.41, 5.74) is 4.89. The van der Waals surface area contributed by atoms with E-state index >= 15 is 0 Å². The summed E-state index contributed by atoms with van der Waals surface area (Å²) in [5, 5.41) is 3.99. The summed E-state index contributed by atoms with van der Waals surface area (Å²) in [6.45, 7) is 11.0. The van der Waals surface area contributed by atoms with Crippen LogP contribution in [0.2, 0.25) is 0 Å². The third-order valence-electron chi connectivity index (χ3n) is 6.08. The highest BCUT2D eigenvalue weighted by molar-refractivity contribution is 5.92. The summed E-state index contributed by atoms with van der Waals surface area (Å²) in [6.07, 6.45) is 2.50. The molecule has 0 aromatic heterocycles. The fourth-order valence-corrected chi connectivity index (χ4v) is 4.55. The first-order valence-electron chi connectivity index (χ1n) is 13.0. The number of carbonyl (C=O) groups is 2. The molecule has 0 saturated heterocycles. The van der Waals surface area contributed by atoms with Gasteiger partial charge in [0.25, 0.3) is 5.91 Å². The molecule has 0 bridgehead atoms. The molecule has 0 aliphatic heterocycles. The molecule has 0 aliphatic rings. The fourth-order valence-electron chi connectivity index (χ4n) is 4.55. The van der Waals surface area contributed by atoms with Crippen LogP contribution in [0, 0.1) is 5.41 Å². The molecule has 0 atom stereocenters. The van der Waals surface area contributed by atoms with Crippen LogP contribution >= 0.6 is 0 Å². The molecule has 0 spiro atoms. The van der Waals surface area contributed by atoms with Crippen LogP contribution in [0.3, 0.4) is 0 Å². The van der Waals surface area contributed by atoms with Crippen LogP contribution in [-0.2, 0) is 10.2 Å². The Balaban J connectivity index is 1.52. The highest BCUT2D eigenvalue weighted by Crippen LogP contribution is 2.36. The molecule has 0 fully saturated rings. The quantitative estimate of drug-likeness (QED) is 0.134. The number of amides is 1. The van der Waals surface area contributed by atoms with Crippen molar-refractivity contribution < 1.29 is 28.5 Å². The fraction of sp³-hybridized carbons (Fsp3) is 0.344. The number of hydrogen-bond donors (Lipinski definition) is 1. The van der Waals surface area contributed by atoms with Crippen LogP contribution in [0.25, 0.3) is 0 Å². The molecule has 8 nitrogen and oxygen atoms in total. The van der Waals surface area contributed by atoms with Gasteiger partial charge in [0.1, 0.15) is 11.5 Å². The maximum Gasteiger partial charge on any atom is 0.343 e. The number of carbonyl (C=O) groups excluding carboxylic acids is 2. The molecular formula is C32H38N2O6. The lowest BCUT2D eigenvalue weighted by molar-refractivity contribution is -0.123. The lowest BCUT2D eigenvalue weighted by atomic mass is 9.72. The number of nitrogens with one attached hydrogen (secondary N) is 1. The topological polar surface area (TPSA) is 95.5 Å². The zero-order valence-electron chi connectivity index (χ0n) is 24.2. The second kappa shape index (κ2) is 13.2. The zero-order valence-corrected chi connectivity index (χ0v) is 24.2. The Hall–Kier alpha value is -4.33. The van der Waals surface area contributed by atoms with Gasteiger partial charge in [-0.1, -0.05) is 52.8 Å². The predicted molar refractivity (Wildman–Crippen MR) is 156 cm³/mol. The lowest BCUT2D eigenvalue weighted by Crippen LogP contribution is -2.25. The van der Waals surface area contributed by atoms with Crippen molar-refractivity contribution in [1.29, 1.82) is 0 Å². The van der Waals surface area contributed by atoms with Crippen LogP contribution in [0.15, 0.2) is 71.8 Å². The van der Waals surface area contributed by atoms with E-state index in [0.717, 1.165) is 6.42 Å². The van der Waals surface area contributed by atoms with E-state index in [1.165, 1.54) is 26.0 Å². The van der Waals surface area contributed by atoms with Gasteiger partial charge in [0.2, 0.25) is 0 Å². The number of rotatable bonds is 11. The zero-order chi connectivity index (χ0) is 29.3. The van der Waals surface area contributed by atoms with Crippen molar-refractivity contribution in [2.75, 3.05) is 20.8 Å². The van der Waals surface area contributed by atoms with Crippen molar-refractivity contribution in [3.8, 4) is 23.0 Å². The molecule has 212 valence electrons. The van der Waals surface area contributed by atoms with Crippen LogP contribution in [-0.4, -0.2) is 38.9 Å².